The summed E-state index contributed by atoms with van der Waals surface area (Å²) in [7, 11) is 0. The van der Waals surface area contributed by atoms with Crippen LogP contribution in [0.15, 0.2) is 48.8 Å². The Hall–Kier alpha value is -1.83. The maximum absolute atomic E-state index is 9.45. The first kappa shape index (κ1) is 12.6. The Kier molecular flexibility index (Phi) is 3.37. The third-order valence-corrected chi connectivity index (χ3v) is 3.00. The van der Waals surface area contributed by atoms with Crippen molar-refractivity contribution < 1.29 is 9.67 Å². The lowest BCUT2D eigenvalue weighted by atomic mass is 9.86. The number of aromatic hydroxyl groups is 1. The number of hydrogen-bond donors (Lipinski definition) is 1. The molecule has 94 valence electrons. The minimum atomic E-state index is 0.166. The molecular formula is C16H20NO+. The van der Waals surface area contributed by atoms with Crippen molar-refractivity contribution in [2.75, 3.05) is 0 Å². The fraction of sp³-hybridized carbons (Fsp3) is 0.312. The van der Waals surface area contributed by atoms with Crippen molar-refractivity contribution in [1.82, 2.24) is 0 Å². The molecule has 0 saturated carbocycles. The normalized spacial score (nSPS) is 11.5. The Bertz CT molecular complexity index is 541. The molecule has 0 spiro atoms. The third kappa shape index (κ3) is 3.10. The molecule has 0 atom stereocenters. The first-order valence-corrected chi connectivity index (χ1v) is 6.23. The highest BCUT2D eigenvalue weighted by Crippen LogP contribution is 2.22. The van der Waals surface area contributed by atoms with E-state index in [1.165, 1.54) is 11.1 Å². The van der Waals surface area contributed by atoms with Gasteiger partial charge in [-0.05, 0) is 23.1 Å². The van der Waals surface area contributed by atoms with Crippen molar-refractivity contribution in [3.05, 3.63) is 59.9 Å². The second-order valence-electron chi connectivity index (χ2n) is 5.68. The van der Waals surface area contributed by atoms with Crippen LogP contribution in [0.2, 0.25) is 0 Å². The molecule has 0 aliphatic rings. The van der Waals surface area contributed by atoms with Crippen molar-refractivity contribution in [2.24, 2.45) is 0 Å². The Balaban J connectivity index is 2.25. The molecule has 2 nitrogen and oxygen atoms in total. The Morgan fingerprint density at radius 3 is 2.56 bits per heavy atom. The lowest BCUT2D eigenvalue weighted by Crippen LogP contribution is -2.33. The number of pyridine rings is 1. The third-order valence-electron chi connectivity index (χ3n) is 3.00. The molecule has 0 radical (unpaired) electrons. The van der Waals surface area contributed by atoms with Crippen LogP contribution >= 0.6 is 0 Å². The zero-order chi connectivity index (χ0) is 13.2. The quantitative estimate of drug-likeness (QED) is 0.804. The van der Waals surface area contributed by atoms with Crippen LogP contribution in [-0.4, -0.2) is 5.11 Å². The molecule has 0 unspecified atom stereocenters. The number of benzene rings is 1. The van der Waals surface area contributed by atoms with E-state index in [0.717, 1.165) is 6.54 Å². The molecule has 2 rings (SSSR count). The van der Waals surface area contributed by atoms with Gasteiger partial charge in [-0.15, -0.1) is 0 Å². The Morgan fingerprint density at radius 2 is 1.89 bits per heavy atom. The summed E-state index contributed by atoms with van der Waals surface area (Å²) >= 11 is 0. The van der Waals surface area contributed by atoms with Crippen molar-refractivity contribution in [3.8, 4) is 5.75 Å². The van der Waals surface area contributed by atoms with Gasteiger partial charge in [-0.2, -0.15) is 4.57 Å². The van der Waals surface area contributed by atoms with Crippen molar-refractivity contribution in [2.45, 2.75) is 32.7 Å². The fourth-order valence-corrected chi connectivity index (χ4v) is 1.95. The molecule has 18 heavy (non-hydrogen) atoms. The van der Waals surface area contributed by atoms with Crippen LogP contribution < -0.4 is 4.57 Å². The Labute approximate surface area is 109 Å². The summed E-state index contributed by atoms with van der Waals surface area (Å²) in [6, 6.07) is 12.1. The average Bonchev–Trinajstić information content (AvgIpc) is 2.28. The lowest BCUT2D eigenvalue weighted by molar-refractivity contribution is -0.688. The average molecular weight is 242 g/mol. The van der Waals surface area contributed by atoms with Gasteiger partial charge in [0.2, 0.25) is 6.20 Å². The molecule has 0 fully saturated rings. The molecule has 0 aliphatic heterocycles. The van der Waals surface area contributed by atoms with Crippen LogP contribution in [0.4, 0.5) is 0 Å². The van der Waals surface area contributed by atoms with E-state index in [1.807, 2.05) is 16.8 Å². The Morgan fingerprint density at radius 1 is 1.11 bits per heavy atom. The van der Waals surface area contributed by atoms with Crippen LogP contribution in [0.3, 0.4) is 0 Å². The minimum Gasteiger partial charge on any atom is -0.503 e. The van der Waals surface area contributed by atoms with E-state index in [1.54, 1.807) is 12.3 Å². The molecular weight excluding hydrogens is 222 g/mol. The summed E-state index contributed by atoms with van der Waals surface area (Å²) in [5, 5.41) is 9.45. The van der Waals surface area contributed by atoms with Gasteiger partial charge in [0.25, 0.3) is 0 Å². The van der Waals surface area contributed by atoms with Gasteiger partial charge in [-0.3, -0.25) is 0 Å². The van der Waals surface area contributed by atoms with Crippen molar-refractivity contribution in [1.29, 1.82) is 0 Å². The van der Waals surface area contributed by atoms with Crippen LogP contribution in [0.25, 0.3) is 0 Å². The van der Waals surface area contributed by atoms with E-state index in [0.29, 0.717) is 5.75 Å². The highest BCUT2D eigenvalue weighted by molar-refractivity contribution is 5.28. The first-order valence-electron chi connectivity index (χ1n) is 6.23. The topological polar surface area (TPSA) is 24.1 Å². The van der Waals surface area contributed by atoms with Crippen LogP contribution in [0, 0.1) is 0 Å². The fourth-order valence-electron chi connectivity index (χ4n) is 1.95. The van der Waals surface area contributed by atoms with Crippen LogP contribution in [0.5, 0.6) is 5.75 Å². The molecule has 0 aliphatic carbocycles. The second kappa shape index (κ2) is 4.81. The predicted molar refractivity (Wildman–Crippen MR) is 72.5 cm³/mol. The van der Waals surface area contributed by atoms with Gasteiger partial charge in [0.15, 0.2) is 18.5 Å². The van der Waals surface area contributed by atoms with E-state index in [9.17, 15) is 5.11 Å². The molecule has 0 bridgehead atoms. The first-order chi connectivity index (χ1) is 8.45. The molecule has 1 aromatic carbocycles. The second-order valence-corrected chi connectivity index (χ2v) is 5.68. The summed E-state index contributed by atoms with van der Waals surface area (Å²) in [6.45, 7) is 7.42. The summed E-state index contributed by atoms with van der Waals surface area (Å²) in [5.74, 6) is 0.296. The molecule has 2 aromatic rings. The number of rotatable bonds is 2. The van der Waals surface area contributed by atoms with Crippen molar-refractivity contribution in [3.63, 3.8) is 0 Å². The SMILES string of the molecule is CC(C)(C)c1cccc(C[n+]2cccc(O)c2)c1. The highest BCUT2D eigenvalue weighted by atomic mass is 16.3. The molecule has 1 heterocycles. The molecule has 0 saturated heterocycles. The zero-order valence-electron chi connectivity index (χ0n) is 11.2. The van der Waals surface area contributed by atoms with E-state index in [2.05, 4.69) is 45.0 Å². The van der Waals surface area contributed by atoms with Gasteiger partial charge >= 0.3 is 0 Å². The standard InChI is InChI=1S/C16H19NO/c1-16(2,3)14-7-4-6-13(10-14)11-17-9-5-8-15(18)12-17/h4-10,12H,11H2,1-3H3/p+1. The van der Waals surface area contributed by atoms with E-state index in [4.69, 9.17) is 0 Å². The van der Waals surface area contributed by atoms with E-state index in [-0.39, 0.29) is 5.41 Å². The summed E-state index contributed by atoms with van der Waals surface area (Å²) in [6.07, 6.45) is 3.70. The van der Waals surface area contributed by atoms with Gasteiger partial charge in [-0.1, -0.05) is 39.0 Å². The van der Waals surface area contributed by atoms with E-state index >= 15 is 0 Å². The molecule has 2 heteroatoms. The van der Waals surface area contributed by atoms with Gasteiger partial charge < -0.3 is 5.11 Å². The van der Waals surface area contributed by atoms with Gasteiger partial charge in [-0.25, -0.2) is 0 Å². The molecule has 0 amide bonds. The highest BCUT2D eigenvalue weighted by Gasteiger charge is 2.14. The van der Waals surface area contributed by atoms with Crippen LogP contribution in [-0.2, 0) is 12.0 Å². The minimum absolute atomic E-state index is 0.166. The summed E-state index contributed by atoms with van der Waals surface area (Å²) in [5.41, 5.74) is 2.75. The summed E-state index contributed by atoms with van der Waals surface area (Å²) < 4.78 is 1.98. The van der Waals surface area contributed by atoms with E-state index < -0.39 is 0 Å². The van der Waals surface area contributed by atoms with Crippen LogP contribution in [0.1, 0.15) is 31.9 Å². The largest absolute Gasteiger partial charge is 0.503 e. The lowest BCUT2D eigenvalue weighted by Gasteiger charge is -2.19. The number of aromatic nitrogens is 1. The van der Waals surface area contributed by atoms with Crippen molar-refractivity contribution >= 4 is 0 Å². The predicted octanol–water partition coefficient (Wildman–Crippen LogP) is 3.03. The van der Waals surface area contributed by atoms with Gasteiger partial charge in [0.1, 0.15) is 0 Å². The summed E-state index contributed by atoms with van der Waals surface area (Å²) in [4.78, 5) is 0. The molecule has 1 aromatic heterocycles. The van der Waals surface area contributed by atoms with Gasteiger partial charge in [0.05, 0.1) is 0 Å². The monoisotopic (exact) mass is 242 g/mol. The zero-order valence-corrected chi connectivity index (χ0v) is 11.2. The smallest absolute Gasteiger partial charge is 0.211 e. The maximum Gasteiger partial charge on any atom is 0.211 e. The number of nitrogens with zero attached hydrogens (tertiary/aromatic N) is 1. The molecule has 1 N–H and O–H groups in total. The van der Waals surface area contributed by atoms with Gasteiger partial charge in [0, 0.05) is 11.6 Å². The maximum atomic E-state index is 9.45. The number of hydrogen-bond acceptors (Lipinski definition) is 1.